The fourth-order valence-corrected chi connectivity index (χ4v) is 4.13. The van der Waals surface area contributed by atoms with E-state index in [1.54, 1.807) is 0 Å². The number of aromatic nitrogens is 3. The number of pyridine rings is 1. The van der Waals surface area contributed by atoms with Gasteiger partial charge in [-0.25, -0.2) is 9.48 Å². The van der Waals surface area contributed by atoms with Gasteiger partial charge >= 0.3 is 6.03 Å². The summed E-state index contributed by atoms with van der Waals surface area (Å²) < 4.78 is 2.04. The molecule has 7 heteroatoms. The first-order valence-electron chi connectivity index (χ1n) is 9.98. The number of rotatable bonds is 3. The van der Waals surface area contributed by atoms with Crippen molar-refractivity contribution in [1.82, 2.24) is 19.7 Å². The maximum Gasteiger partial charge on any atom is 0.323 e. The van der Waals surface area contributed by atoms with Gasteiger partial charge in [0, 0.05) is 50.3 Å². The second kappa shape index (κ2) is 7.98. The topological polar surface area (TPSA) is 66.3 Å². The molecule has 0 atom stereocenters. The normalized spacial score (nSPS) is 18.6. The maximum atomic E-state index is 12.8. The minimum Gasteiger partial charge on any atom is -0.368 e. The molecule has 1 saturated carbocycles. The number of aryl methyl sites for hydroxylation is 1. The van der Waals surface area contributed by atoms with Gasteiger partial charge < -0.3 is 9.80 Å². The number of nitrogens with one attached hydrogen (secondary N) is 1. The summed E-state index contributed by atoms with van der Waals surface area (Å²) in [6, 6.07) is 6.40. The van der Waals surface area contributed by atoms with Crippen LogP contribution in [0.5, 0.6) is 0 Å². The highest BCUT2D eigenvalue weighted by Crippen LogP contribution is 2.30. The number of amides is 2. The van der Waals surface area contributed by atoms with Crippen LogP contribution in [-0.2, 0) is 0 Å². The lowest BCUT2D eigenvalue weighted by molar-refractivity contribution is 0.207. The fraction of sp³-hybridized carbons (Fsp3) is 0.550. The van der Waals surface area contributed by atoms with Crippen molar-refractivity contribution in [1.29, 1.82) is 0 Å². The monoisotopic (exact) mass is 368 g/mol. The van der Waals surface area contributed by atoms with E-state index in [0.29, 0.717) is 19.1 Å². The van der Waals surface area contributed by atoms with Crippen molar-refractivity contribution in [3.8, 4) is 0 Å². The molecule has 7 nitrogen and oxygen atoms in total. The first kappa shape index (κ1) is 17.8. The van der Waals surface area contributed by atoms with Crippen molar-refractivity contribution < 1.29 is 4.79 Å². The van der Waals surface area contributed by atoms with Gasteiger partial charge in [0.15, 0.2) is 0 Å². The highest BCUT2D eigenvalue weighted by molar-refractivity contribution is 5.88. The van der Waals surface area contributed by atoms with E-state index in [1.165, 1.54) is 19.3 Å². The van der Waals surface area contributed by atoms with Gasteiger partial charge in [0.2, 0.25) is 0 Å². The first-order valence-corrected chi connectivity index (χ1v) is 9.98. The van der Waals surface area contributed by atoms with E-state index >= 15 is 0 Å². The summed E-state index contributed by atoms with van der Waals surface area (Å²) in [4.78, 5) is 21.1. The number of anilines is 2. The summed E-state index contributed by atoms with van der Waals surface area (Å²) in [6.45, 7) is 5.08. The molecule has 0 spiro atoms. The third-order valence-electron chi connectivity index (χ3n) is 5.61. The van der Waals surface area contributed by atoms with Crippen LogP contribution in [0.3, 0.4) is 0 Å². The van der Waals surface area contributed by atoms with E-state index in [4.69, 9.17) is 0 Å². The van der Waals surface area contributed by atoms with Crippen LogP contribution in [0.25, 0.3) is 0 Å². The Kier molecular flexibility index (Phi) is 5.27. The van der Waals surface area contributed by atoms with E-state index in [-0.39, 0.29) is 6.03 Å². The average Bonchev–Trinajstić information content (AvgIpc) is 3.09. The first-order chi connectivity index (χ1) is 13.2. The molecule has 2 fully saturated rings. The minimum atomic E-state index is -0.0265. The Hall–Kier alpha value is -2.57. The Morgan fingerprint density at radius 3 is 2.48 bits per heavy atom. The summed E-state index contributed by atoms with van der Waals surface area (Å²) in [5.74, 6) is 0.834. The molecule has 1 N–H and O–H groups in total. The van der Waals surface area contributed by atoms with E-state index in [0.717, 1.165) is 43.1 Å². The predicted octanol–water partition coefficient (Wildman–Crippen LogP) is 3.45. The molecular weight excluding hydrogens is 340 g/mol. The molecule has 4 rings (SSSR count). The molecule has 1 aliphatic heterocycles. The predicted molar refractivity (Wildman–Crippen MR) is 106 cm³/mol. The van der Waals surface area contributed by atoms with E-state index in [9.17, 15) is 4.79 Å². The third kappa shape index (κ3) is 4.07. The Bertz CT molecular complexity index is 760. The smallest absolute Gasteiger partial charge is 0.323 e. The molecule has 1 saturated heterocycles. The molecular formula is C20H28N6O. The number of nitrogens with zero attached hydrogens (tertiary/aromatic N) is 5. The van der Waals surface area contributed by atoms with Gasteiger partial charge in [0.1, 0.15) is 5.82 Å². The van der Waals surface area contributed by atoms with E-state index in [2.05, 4.69) is 20.3 Å². The summed E-state index contributed by atoms with van der Waals surface area (Å²) in [7, 11) is 0. The van der Waals surface area contributed by atoms with Gasteiger partial charge in [-0.15, -0.1) is 0 Å². The molecule has 0 aromatic carbocycles. The lowest BCUT2D eigenvalue weighted by Gasteiger charge is -2.36. The summed E-state index contributed by atoms with van der Waals surface area (Å²) in [5, 5.41) is 7.77. The standard InChI is InChI=1S/C20H28N6O/c1-16-15-19(26(23-16)18-5-3-2-4-6-18)22-20(27)25-13-11-24(12-14-25)17-7-9-21-10-8-17/h7-10,15,18H,2-6,11-14H2,1H3,(H,22,27). The molecule has 2 amide bonds. The molecule has 27 heavy (non-hydrogen) atoms. The van der Waals surface area contributed by atoms with Crippen molar-refractivity contribution in [3.63, 3.8) is 0 Å². The molecule has 1 aliphatic carbocycles. The number of urea groups is 1. The molecule has 2 aliphatic rings. The summed E-state index contributed by atoms with van der Waals surface area (Å²) in [5.41, 5.74) is 2.12. The van der Waals surface area contributed by atoms with Gasteiger partial charge in [0.05, 0.1) is 11.7 Å². The van der Waals surface area contributed by atoms with E-state index < -0.39 is 0 Å². The van der Waals surface area contributed by atoms with Crippen LogP contribution in [0, 0.1) is 6.92 Å². The number of carbonyl (C=O) groups excluding carboxylic acids is 1. The van der Waals surface area contributed by atoms with Gasteiger partial charge in [-0.05, 0) is 31.9 Å². The molecule has 0 unspecified atom stereocenters. The van der Waals surface area contributed by atoms with Gasteiger partial charge in [0.25, 0.3) is 0 Å². The Morgan fingerprint density at radius 1 is 1.07 bits per heavy atom. The number of piperazine rings is 1. The lowest BCUT2D eigenvalue weighted by atomic mass is 9.96. The van der Waals surface area contributed by atoms with Crippen LogP contribution in [0.1, 0.15) is 43.8 Å². The van der Waals surface area contributed by atoms with Gasteiger partial charge in [-0.1, -0.05) is 19.3 Å². The lowest BCUT2D eigenvalue weighted by Crippen LogP contribution is -2.50. The molecule has 3 heterocycles. The largest absolute Gasteiger partial charge is 0.368 e. The highest BCUT2D eigenvalue weighted by Gasteiger charge is 2.24. The van der Waals surface area contributed by atoms with Crippen molar-refractivity contribution in [2.75, 3.05) is 36.4 Å². The molecule has 0 radical (unpaired) electrons. The maximum absolute atomic E-state index is 12.8. The zero-order chi connectivity index (χ0) is 18.6. The Labute approximate surface area is 160 Å². The SMILES string of the molecule is Cc1cc(NC(=O)N2CCN(c3ccncc3)CC2)n(C2CCCCC2)n1. The summed E-state index contributed by atoms with van der Waals surface area (Å²) in [6.07, 6.45) is 9.71. The van der Waals surface area contributed by atoms with Gasteiger partial charge in [-0.2, -0.15) is 5.10 Å². The zero-order valence-corrected chi connectivity index (χ0v) is 16.0. The quantitative estimate of drug-likeness (QED) is 0.901. The molecule has 2 aromatic rings. The van der Waals surface area contributed by atoms with E-state index in [1.807, 2.05) is 47.1 Å². The average molecular weight is 368 g/mol. The van der Waals surface area contributed by atoms with Crippen LogP contribution >= 0.6 is 0 Å². The number of hydrogen-bond acceptors (Lipinski definition) is 4. The highest BCUT2D eigenvalue weighted by atomic mass is 16.2. The second-order valence-electron chi connectivity index (χ2n) is 7.52. The van der Waals surface area contributed by atoms with Crippen molar-refractivity contribution in [2.45, 2.75) is 45.1 Å². The minimum absolute atomic E-state index is 0.0265. The van der Waals surface area contributed by atoms with Crippen LogP contribution in [0.2, 0.25) is 0 Å². The zero-order valence-electron chi connectivity index (χ0n) is 16.0. The van der Waals surface area contributed by atoms with Crippen LogP contribution in [-0.4, -0.2) is 51.9 Å². The molecule has 0 bridgehead atoms. The fourth-order valence-electron chi connectivity index (χ4n) is 4.13. The summed E-state index contributed by atoms with van der Waals surface area (Å²) >= 11 is 0. The van der Waals surface area contributed by atoms with Gasteiger partial charge in [-0.3, -0.25) is 10.3 Å². The van der Waals surface area contributed by atoms with Crippen molar-refractivity contribution >= 4 is 17.5 Å². The molecule has 2 aromatic heterocycles. The van der Waals surface area contributed by atoms with Crippen molar-refractivity contribution in [3.05, 3.63) is 36.3 Å². The third-order valence-corrected chi connectivity index (χ3v) is 5.61. The van der Waals surface area contributed by atoms with Crippen molar-refractivity contribution in [2.24, 2.45) is 0 Å². The van der Waals surface area contributed by atoms with Crippen LogP contribution in [0.15, 0.2) is 30.6 Å². The van der Waals surface area contributed by atoms with Crippen LogP contribution in [0.4, 0.5) is 16.3 Å². The van der Waals surface area contributed by atoms with Crippen LogP contribution < -0.4 is 10.2 Å². The second-order valence-corrected chi connectivity index (χ2v) is 7.52. The molecule has 144 valence electrons. The Balaban J connectivity index is 1.37. The number of hydrogen-bond donors (Lipinski definition) is 1. The Morgan fingerprint density at radius 2 is 1.78 bits per heavy atom. The number of carbonyl (C=O) groups is 1.